The minimum Gasteiger partial charge on any atom is -0.467 e. The first kappa shape index (κ1) is 14.6. The summed E-state index contributed by atoms with van der Waals surface area (Å²) in [4.78, 5) is 26.1. The summed E-state index contributed by atoms with van der Waals surface area (Å²) in [7, 11) is 1.09. The van der Waals surface area contributed by atoms with E-state index >= 15 is 0 Å². The Morgan fingerprint density at radius 3 is 2.72 bits per heavy atom. The molecule has 8 heteroatoms. The van der Waals surface area contributed by atoms with Crippen molar-refractivity contribution in [2.24, 2.45) is 0 Å². The third-order valence-electron chi connectivity index (χ3n) is 2.00. The molecule has 1 rings (SSSR count). The number of carbonyl (C=O) groups excluding carboxylic acids is 2. The van der Waals surface area contributed by atoms with Crippen LogP contribution < -0.4 is 0 Å². The molecule has 100 valence electrons. The first-order valence-corrected chi connectivity index (χ1v) is 5.95. The Hall–Kier alpha value is -1.51. The Kier molecular flexibility index (Phi) is 5.20. The molecule has 0 aliphatic carbocycles. The van der Waals surface area contributed by atoms with Gasteiger partial charge in [-0.15, -0.1) is 11.3 Å². The van der Waals surface area contributed by atoms with Gasteiger partial charge in [-0.2, -0.15) is 0 Å². The van der Waals surface area contributed by atoms with Gasteiger partial charge < -0.3 is 19.7 Å². The molecule has 0 fully saturated rings. The van der Waals surface area contributed by atoms with Crippen molar-refractivity contribution in [1.82, 2.24) is 4.98 Å². The van der Waals surface area contributed by atoms with E-state index < -0.39 is 24.1 Å². The highest BCUT2D eigenvalue weighted by molar-refractivity contribution is 7.09. The Morgan fingerprint density at radius 2 is 2.17 bits per heavy atom. The first-order chi connectivity index (χ1) is 8.51. The molecule has 7 nitrogen and oxygen atoms in total. The number of methoxy groups -OCH3 is 1. The second-order valence-corrected chi connectivity index (χ2v) is 4.09. The third kappa shape index (κ3) is 3.25. The number of hydrogen-bond donors (Lipinski definition) is 2. The maximum absolute atomic E-state index is 11.3. The van der Waals surface area contributed by atoms with E-state index in [1.807, 2.05) is 0 Å². The number of ether oxygens (including phenoxy) is 2. The summed E-state index contributed by atoms with van der Waals surface area (Å²) in [6, 6.07) is 0. The topological polar surface area (TPSA) is 106 Å². The predicted octanol–water partition coefficient (Wildman–Crippen LogP) is -0.113. The van der Waals surface area contributed by atoms with Crippen molar-refractivity contribution < 1.29 is 29.3 Å². The predicted molar refractivity (Wildman–Crippen MR) is 61.1 cm³/mol. The van der Waals surface area contributed by atoms with E-state index in [2.05, 4.69) is 9.72 Å². The Morgan fingerprint density at radius 1 is 1.50 bits per heavy atom. The van der Waals surface area contributed by atoms with Crippen LogP contribution in [0.4, 0.5) is 0 Å². The number of aliphatic hydroxyl groups is 2. The summed E-state index contributed by atoms with van der Waals surface area (Å²) in [6.45, 7) is 1.86. The van der Waals surface area contributed by atoms with E-state index in [9.17, 15) is 19.8 Å². The monoisotopic (exact) mass is 275 g/mol. The molecular formula is C10H13NO6S. The molecule has 1 aromatic rings. The lowest BCUT2D eigenvalue weighted by Gasteiger charge is -2.12. The van der Waals surface area contributed by atoms with Crippen LogP contribution >= 0.6 is 11.3 Å². The van der Waals surface area contributed by atoms with Crippen molar-refractivity contribution in [2.75, 3.05) is 13.7 Å². The number of esters is 2. The van der Waals surface area contributed by atoms with Gasteiger partial charge >= 0.3 is 11.9 Å². The molecule has 1 aromatic heterocycles. The lowest BCUT2D eigenvalue weighted by molar-refractivity contribution is -0.156. The Balaban J connectivity index is 2.79. The Labute approximate surface area is 107 Å². The Bertz CT molecular complexity index is 432. The quantitative estimate of drug-likeness (QED) is 0.722. The van der Waals surface area contributed by atoms with Crippen LogP contribution in [0, 0.1) is 0 Å². The standard InChI is InChI=1S/C10H13NO6S/c1-3-17-9(14)5-4-18-8(11-5)6(12)7(13)10(15)16-2/h4,6-7,12-13H,3H2,1-2H3. The molecule has 0 bridgehead atoms. The number of rotatable bonds is 5. The first-order valence-electron chi connectivity index (χ1n) is 5.07. The zero-order chi connectivity index (χ0) is 13.7. The molecule has 2 N–H and O–H groups in total. The van der Waals surface area contributed by atoms with Crippen LogP contribution in [-0.4, -0.2) is 47.0 Å². The van der Waals surface area contributed by atoms with Crippen molar-refractivity contribution in [3.63, 3.8) is 0 Å². The van der Waals surface area contributed by atoms with Gasteiger partial charge in [0.25, 0.3) is 0 Å². The van der Waals surface area contributed by atoms with Crippen molar-refractivity contribution in [3.8, 4) is 0 Å². The average molecular weight is 275 g/mol. The van der Waals surface area contributed by atoms with Crippen LogP contribution in [0.1, 0.15) is 28.5 Å². The van der Waals surface area contributed by atoms with Gasteiger partial charge in [0, 0.05) is 5.38 Å². The normalized spacial score (nSPS) is 13.8. The van der Waals surface area contributed by atoms with E-state index in [-0.39, 0.29) is 17.3 Å². The molecule has 0 spiro atoms. The largest absolute Gasteiger partial charge is 0.467 e. The lowest BCUT2D eigenvalue weighted by atomic mass is 10.2. The number of carbonyl (C=O) groups is 2. The highest BCUT2D eigenvalue weighted by Crippen LogP contribution is 2.22. The number of nitrogens with zero attached hydrogens (tertiary/aromatic N) is 1. The highest BCUT2D eigenvalue weighted by Gasteiger charge is 2.29. The van der Waals surface area contributed by atoms with Crippen molar-refractivity contribution in [1.29, 1.82) is 0 Å². The zero-order valence-electron chi connectivity index (χ0n) is 9.82. The molecule has 0 aromatic carbocycles. The van der Waals surface area contributed by atoms with Gasteiger partial charge in [-0.05, 0) is 6.92 Å². The SMILES string of the molecule is CCOC(=O)c1csc(C(O)C(O)C(=O)OC)n1. The number of thiazole rings is 1. The minimum absolute atomic E-state index is 0.0213. The summed E-state index contributed by atoms with van der Waals surface area (Å²) in [5.41, 5.74) is 0.0213. The van der Waals surface area contributed by atoms with Gasteiger partial charge in [0.1, 0.15) is 11.1 Å². The number of aliphatic hydroxyl groups excluding tert-OH is 2. The summed E-state index contributed by atoms with van der Waals surface area (Å²) >= 11 is 0.938. The van der Waals surface area contributed by atoms with Crippen LogP contribution in [-0.2, 0) is 14.3 Å². The molecule has 2 unspecified atom stereocenters. The molecular weight excluding hydrogens is 262 g/mol. The molecule has 1 heterocycles. The highest BCUT2D eigenvalue weighted by atomic mass is 32.1. The molecule has 0 aliphatic heterocycles. The molecule has 0 aliphatic rings. The molecule has 2 atom stereocenters. The van der Waals surface area contributed by atoms with Gasteiger partial charge in [-0.25, -0.2) is 14.6 Å². The molecule has 0 saturated heterocycles. The van der Waals surface area contributed by atoms with E-state index in [4.69, 9.17) is 4.74 Å². The fourth-order valence-corrected chi connectivity index (χ4v) is 1.91. The van der Waals surface area contributed by atoms with E-state index in [1.54, 1.807) is 6.92 Å². The van der Waals surface area contributed by atoms with E-state index in [0.29, 0.717) is 0 Å². The average Bonchev–Trinajstić information content (AvgIpc) is 2.86. The third-order valence-corrected chi connectivity index (χ3v) is 2.92. The lowest BCUT2D eigenvalue weighted by Crippen LogP contribution is -2.29. The van der Waals surface area contributed by atoms with Crippen LogP contribution in [0.5, 0.6) is 0 Å². The van der Waals surface area contributed by atoms with Crippen molar-refractivity contribution in [3.05, 3.63) is 16.1 Å². The molecule has 0 saturated carbocycles. The van der Waals surface area contributed by atoms with Gasteiger partial charge in [-0.3, -0.25) is 0 Å². The van der Waals surface area contributed by atoms with Crippen LogP contribution in [0.25, 0.3) is 0 Å². The summed E-state index contributed by atoms with van der Waals surface area (Å²) in [5.74, 6) is -1.60. The molecule has 0 radical (unpaired) electrons. The summed E-state index contributed by atoms with van der Waals surface area (Å²) < 4.78 is 9.00. The van der Waals surface area contributed by atoms with Gasteiger partial charge in [-0.1, -0.05) is 0 Å². The van der Waals surface area contributed by atoms with Gasteiger partial charge in [0.15, 0.2) is 11.8 Å². The fraction of sp³-hybridized carbons (Fsp3) is 0.500. The van der Waals surface area contributed by atoms with Crippen LogP contribution in [0.15, 0.2) is 5.38 Å². The maximum Gasteiger partial charge on any atom is 0.357 e. The smallest absolute Gasteiger partial charge is 0.357 e. The van der Waals surface area contributed by atoms with E-state index in [1.165, 1.54) is 5.38 Å². The van der Waals surface area contributed by atoms with Crippen molar-refractivity contribution >= 4 is 23.3 Å². The van der Waals surface area contributed by atoms with Crippen LogP contribution in [0.2, 0.25) is 0 Å². The molecule has 0 amide bonds. The van der Waals surface area contributed by atoms with Gasteiger partial charge in [0.05, 0.1) is 13.7 Å². The number of hydrogen-bond acceptors (Lipinski definition) is 8. The second kappa shape index (κ2) is 6.43. The fourth-order valence-electron chi connectivity index (χ4n) is 1.11. The molecule has 18 heavy (non-hydrogen) atoms. The summed E-state index contributed by atoms with van der Waals surface area (Å²) in [6.07, 6.45) is -3.28. The maximum atomic E-state index is 11.3. The van der Waals surface area contributed by atoms with Crippen molar-refractivity contribution in [2.45, 2.75) is 19.1 Å². The second-order valence-electron chi connectivity index (χ2n) is 3.20. The zero-order valence-corrected chi connectivity index (χ0v) is 10.6. The van der Waals surface area contributed by atoms with E-state index in [0.717, 1.165) is 18.4 Å². The minimum atomic E-state index is -1.74. The summed E-state index contributed by atoms with van der Waals surface area (Å²) in [5, 5.41) is 20.5. The number of aromatic nitrogens is 1. The van der Waals surface area contributed by atoms with Crippen LogP contribution in [0.3, 0.4) is 0 Å². The van der Waals surface area contributed by atoms with Gasteiger partial charge in [0.2, 0.25) is 0 Å².